The fraction of sp³-hybridized carbons (Fsp3) is 0.600. The van der Waals surface area contributed by atoms with E-state index < -0.39 is 5.97 Å². The van der Waals surface area contributed by atoms with Crippen LogP contribution in [0, 0.1) is 50.7 Å². The molecular formula is C45H61NO3. The second kappa shape index (κ2) is 12.9. The molecule has 1 amide bonds. The summed E-state index contributed by atoms with van der Waals surface area (Å²) in [7, 11) is 2.04. The van der Waals surface area contributed by atoms with E-state index in [4.69, 9.17) is 0 Å². The van der Waals surface area contributed by atoms with Gasteiger partial charge in [0.05, 0.1) is 11.0 Å². The van der Waals surface area contributed by atoms with E-state index in [-0.39, 0.29) is 27.1 Å². The Balaban J connectivity index is 0.00000134. The number of aromatic carboxylic acids is 1. The molecule has 0 spiro atoms. The second-order valence-electron chi connectivity index (χ2n) is 17.8. The second-order valence-corrected chi connectivity index (χ2v) is 17.8. The van der Waals surface area contributed by atoms with Gasteiger partial charge in [-0.15, -0.1) is 6.58 Å². The highest BCUT2D eigenvalue weighted by Crippen LogP contribution is 2.77. The van der Waals surface area contributed by atoms with Gasteiger partial charge in [0.1, 0.15) is 0 Å². The van der Waals surface area contributed by atoms with E-state index in [1.165, 1.54) is 61.6 Å². The van der Waals surface area contributed by atoms with Crippen LogP contribution in [-0.4, -0.2) is 28.9 Å². The van der Waals surface area contributed by atoms with Gasteiger partial charge in [-0.1, -0.05) is 95.7 Å². The molecule has 4 saturated carbocycles. The van der Waals surface area contributed by atoms with Gasteiger partial charge in [0.25, 0.3) is 0 Å². The quantitative estimate of drug-likeness (QED) is 0.324. The van der Waals surface area contributed by atoms with Gasteiger partial charge in [0.15, 0.2) is 0 Å². The molecule has 7 unspecified atom stereocenters. The Morgan fingerprint density at radius 3 is 2.16 bits per heavy atom. The zero-order valence-electron chi connectivity index (χ0n) is 31.4. The molecular weight excluding hydrogens is 602 g/mol. The van der Waals surface area contributed by atoms with Gasteiger partial charge in [0, 0.05) is 13.6 Å². The Morgan fingerprint density at radius 2 is 1.51 bits per heavy atom. The summed E-state index contributed by atoms with van der Waals surface area (Å²) in [5, 5.41) is 9.45. The number of nitrogens with zero attached hydrogens (tertiary/aromatic N) is 1. The molecule has 0 aliphatic heterocycles. The summed E-state index contributed by atoms with van der Waals surface area (Å²) >= 11 is 0. The van der Waals surface area contributed by atoms with Crippen molar-refractivity contribution in [2.75, 3.05) is 7.05 Å². The van der Waals surface area contributed by atoms with Crippen molar-refractivity contribution in [3.05, 3.63) is 90.0 Å². The van der Waals surface area contributed by atoms with E-state index in [0.29, 0.717) is 41.7 Å². The van der Waals surface area contributed by atoms with Gasteiger partial charge < -0.3 is 10.0 Å². The Labute approximate surface area is 296 Å². The normalized spacial score (nSPS) is 37.1. The first-order valence-corrected chi connectivity index (χ1v) is 19.1. The van der Waals surface area contributed by atoms with E-state index >= 15 is 0 Å². The minimum Gasteiger partial charge on any atom is -0.478 e. The molecule has 4 fully saturated rings. The predicted octanol–water partition coefficient (Wildman–Crippen LogP) is 11.1. The molecule has 5 aliphatic carbocycles. The molecule has 0 radical (unpaired) electrons. The lowest BCUT2D eigenvalue weighted by molar-refractivity contribution is -0.223. The molecule has 2 aromatic rings. The average Bonchev–Trinajstić information content (AvgIpc) is 3.51. The minimum atomic E-state index is -0.868. The Bertz CT molecular complexity index is 1590. The zero-order chi connectivity index (χ0) is 35.4. The van der Waals surface area contributed by atoms with Crippen LogP contribution in [0.15, 0.2) is 73.3 Å². The molecule has 7 rings (SSSR count). The Kier molecular flexibility index (Phi) is 9.38. The molecule has 8 atom stereocenters. The van der Waals surface area contributed by atoms with Gasteiger partial charge in [-0.05, 0) is 139 Å². The SMILES string of the molecule is C=CC.CN(Cc1ccccc1)C(=O)C12CCCC1C1CCC3C4(C)CC=C(c5ccc(C(=O)O)cc5)C(C)(C)C4CCC3(C)[C@]1(C)CC2. The number of carboxylic acid groups (broad SMARTS) is 1. The zero-order valence-corrected chi connectivity index (χ0v) is 31.4. The fourth-order valence-corrected chi connectivity index (χ4v) is 13.1. The highest BCUT2D eigenvalue weighted by molar-refractivity contribution is 5.88. The first-order valence-electron chi connectivity index (χ1n) is 19.1. The average molecular weight is 664 g/mol. The number of hydrogen-bond acceptors (Lipinski definition) is 2. The number of hydrogen-bond donors (Lipinski definition) is 1. The van der Waals surface area contributed by atoms with Gasteiger partial charge >= 0.3 is 5.97 Å². The molecule has 264 valence electrons. The van der Waals surface area contributed by atoms with Crippen LogP contribution in [0.25, 0.3) is 5.57 Å². The first kappa shape index (κ1) is 35.7. The van der Waals surface area contributed by atoms with Crippen LogP contribution in [0.5, 0.6) is 0 Å². The largest absolute Gasteiger partial charge is 0.478 e. The number of amides is 1. The molecule has 4 heteroatoms. The van der Waals surface area contributed by atoms with Crippen LogP contribution in [0.3, 0.4) is 0 Å². The molecule has 1 N–H and O–H groups in total. The number of benzene rings is 2. The van der Waals surface area contributed by atoms with E-state index in [1.54, 1.807) is 18.2 Å². The molecule has 0 saturated heterocycles. The van der Waals surface area contributed by atoms with Gasteiger partial charge in [-0.25, -0.2) is 4.79 Å². The fourth-order valence-electron chi connectivity index (χ4n) is 13.1. The van der Waals surface area contributed by atoms with Crippen LogP contribution in [0.1, 0.15) is 127 Å². The summed E-state index contributed by atoms with van der Waals surface area (Å²) in [4.78, 5) is 28.0. The lowest BCUT2D eigenvalue weighted by Crippen LogP contribution is -2.65. The summed E-state index contributed by atoms with van der Waals surface area (Å²) in [6.45, 7) is 18.8. The third kappa shape index (κ3) is 5.46. The maximum absolute atomic E-state index is 14.4. The summed E-state index contributed by atoms with van der Waals surface area (Å²) in [6, 6.07) is 18.1. The monoisotopic (exact) mass is 663 g/mol. The maximum atomic E-state index is 14.4. The molecule has 4 nitrogen and oxygen atoms in total. The molecule has 0 aromatic heterocycles. The van der Waals surface area contributed by atoms with Crippen molar-refractivity contribution in [1.29, 1.82) is 0 Å². The number of carbonyl (C=O) groups excluding carboxylic acids is 1. The van der Waals surface area contributed by atoms with Gasteiger partial charge in [0.2, 0.25) is 5.91 Å². The third-order valence-electron chi connectivity index (χ3n) is 15.4. The van der Waals surface area contributed by atoms with Crippen molar-refractivity contribution < 1.29 is 14.7 Å². The van der Waals surface area contributed by atoms with Crippen LogP contribution in [0.2, 0.25) is 0 Å². The summed E-state index contributed by atoms with van der Waals surface area (Å²) in [5.41, 5.74) is 4.71. The molecule has 5 aliphatic rings. The smallest absolute Gasteiger partial charge is 0.335 e. The summed E-state index contributed by atoms with van der Waals surface area (Å²) < 4.78 is 0. The molecule has 49 heavy (non-hydrogen) atoms. The summed E-state index contributed by atoms with van der Waals surface area (Å²) in [5.74, 6) is 1.91. The standard InChI is InChI=1S/C42H55NO3.C3H6/c1-38(2)31(29-14-16-30(17-15-29)36(44)45)20-23-39(3)34(38)21-24-41(5)35(39)19-18-32-33-13-10-22-42(33,26-25-40(32,41)4)37(46)43(6)27-28-11-8-7-9-12-28;1-3-2/h7-9,11-12,14-17,20,32-35H,10,13,18-19,21-27H2,1-6H3,(H,44,45);3H,1H2,2H3/t32?,33?,34?,35?,39?,40-,41?,42?;/m1./s1. The molecule has 0 heterocycles. The number of carbonyl (C=O) groups is 2. The number of rotatable bonds is 5. The van der Waals surface area contributed by atoms with E-state index in [0.717, 1.165) is 19.3 Å². The number of fused-ring (bicyclic) bond motifs is 7. The highest BCUT2D eigenvalue weighted by Gasteiger charge is 2.70. The molecule has 0 bridgehead atoms. The third-order valence-corrected chi connectivity index (χ3v) is 15.4. The maximum Gasteiger partial charge on any atom is 0.335 e. The van der Waals surface area contributed by atoms with Crippen molar-refractivity contribution in [3.63, 3.8) is 0 Å². The Morgan fingerprint density at radius 1 is 0.837 bits per heavy atom. The van der Waals surface area contributed by atoms with E-state index in [1.807, 2.05) is 26.1 Å². The van der Waals surface area contributed by atoms with Crippen molar-refractivity contribution in [1.82, 2.24) is 4.90 Å². The van der Waals surface area contributed by atoms with Crippen LogP contribution < -0.4 is 0 Å². The van der Waals surface area contributed by atoms with Crippen molar-refractivity contribution in [3.8, 4) is 0 Å². The van der Waals surface area contributed by atoms with Gasteiger partial charge in [-0.2, -0.15) is 0 Å². The lowest BCUT2D eigenvalue weighted by Gasteiger charge is -2.72. The lowest BCUT2D eigenvalue weighted by atomic mass is 9.32. The predicted molar refractivity (Wildman–Crippen MR) is 201 cm³/mol. The Hall–Kier alpha value is -3.14. The first-order chi connectivity index (χ1) is 23.2. The van der Waals surface area contributed by atoms with Crippen LogP contribution in [-0.2, 0) is 11.3 Å². The van der Waals surface area contributed by atoms with Crippen molar-refractivity contribution in [2.24, 2.45) is 50.7 Å². The highest BCUT2D eigenvalue weighted by atomic mass is 16.4. The van der Waals surface area contributed by atoms with Crippen molar-refractivity contribution >= 4 is 17.4 Å². The molecule has 2 aromatic carbocycles. The number of allylic oxidation sites excluding steroid dienone is 3. The van der Waals surface area contributed by atoms with Crippen LogP contribution >= 0.6 is 0 Å². The van der Waals surface area contributed by atoms with E-state index in [9.17, 15) is 14.7 Å². The van der Waals surface area contributed by atoms with Crippen LogP contribution in [0.4, 0.5) is 0 Å². The number of carboxylic acids is 1. The van der Waals surface area contributed by atoms with Gasteiger partial charge in [-0.3, -0.25) is 4.79 Å². The van der Waals surface area contributed by atoms with Crippen molar-refractivity contribution in [2.45, 2.75) is 112 Å². The minimum absolute atomic E-state index is 0.0136. The topological polar surface area (TPSA) is 57.6 Å². The summed E-state index contributed by atoms with van der Waals surface area (Å²) in [6.07, 6.45) is 16.1. The van der Waals surface area contributed by atoms with E-state index in [2.05, 4.69) is 82.5 Å².